The van der Waals surface area contributed by atoms with Gasteiger partial charge in [-0.3, -0.25) is 0 Å². The van der Waals surface area contributed by atoms with Crippen LogP contribution in [-0.4, -0.2) is 25.0 Å². The van der Waals surface area contributed by atoms with Crippen molar-refractivity contribution in [2.24, 2.45) is 0 Å². The Bertz CT molecular complexity index is 501. The van der Waals surface area contributed by atoms with Crippen LogP contribution in [0.2, 0.25) is 0 Å². The molecule has 0 fully saturated rings. The summed E-state index contributed by atoms with van der Waals surface area (Å²) in [6.45, 7) is 7.72. The van der Waals surface area contributed by atoms with Gasteiger partial charge in [0.15, 0.2) is 0 Å². The zero-order chi connectivity index (χ0) is 11.0. The van der Waals surface area contributed by atoms with E-state index < -0.39 is 0 Å². The van der Waals surface area contributed by atoms with Gasteiger partial charge in [-0.2, -0.15) is 10.2 Å². The first-order chi connectivity index (χ1) is 7.08. The molecule has 0 saturated carbocycles. The maximum atomic E-state index is 4.34. The molecule has 5 nitrogen and oxygen atoms in total. The Morgan fingerprint density at radius 2 is 1.73 bits per heavy atom. The largest absolute Gasteiger partial charge is 0.270 e. The molecule has 0 amide bonds. The van der Waals surface area contributed by atoms with Crippen LogP contribution in [-0.2, 0) is 0 Å². The molecule has 15 heavy (non-hydrogen) atoms. The van der Waals surface area contributed by atoms with E-state index in [1.54, 1.807) is 4.68 Å². The SMILES string of the molecule is Cc1cc(C)n(-c2nnc(C)c(C)n2)n1. The summed E-state index contributed by atoms with van der Waals surface area (Å²) in [4.78, 5) is 4.34. The van der Waals surface area contributed by atoms with Crippen LogP contribution in [0.3, 0.4) is 0 Å². The molecule has 0 spiro atoms. The van der Waals surface area contributed by atoms with Crippen molar-refractivity contribution in [1.29, 1.82) is 0 Å². The van der Waals surface area contributed by atoms with E-state index in [1.165, 1.54) is 0 Å². The first-order valence-corrected chi connectivity index (χ1v) is 4.79. The highest BCUT2D eigenvalue weighted by molar-refractivity contribution is 5.19. The van der Waals surface area contributed by atoms with Gasteiger partial charge >= 0.3 is 0 Å². The van der Waals surface area contributed by atoms with Gasteiger partial charge in [-0.05, 0) is 33.8 Å². The lowest BCUT2D eigenvalue weighted by Gasteiger charge is -2.03. The zero-order valence-electron chi connectivity index (χ0n) is 9.31. The Labute approximate surface area is 88.2 Å². The summed E-state index contributed by atoms with van der Waals surface area (Å²) in [6, 6.07) is 1.98. The van der Waals surface area contributed by atoms with Crippen molar-refractivity contribution in [1.82, 2.24) is 25.0 Å². The highest BCUT2D eigenvalue weighted by Crippen LogP contribution is 2.07. The summed E-state index contributed by atoms with van der Waals surface area (Å²) < 4.78 is 1.70. The van der Waals surface area contributed by atoms with Crippen LogP contribution in [0.15, 0.2) is 6.07 Å². The Balaban J connectivity index is 2.54. The molecule has 0 radical (unpaired) electrons. The van der Waals surface area contributed by atoms with Crippen LogP contribution in [0.1, 0.15) is 22.8 Å². The minimum atomic E-state index is 0.531. The number of hydrogen-bond donors (Lipinski definition) is 0. The van der Waals surface area contributed by atoms with Gasteiger partial charge in [0.2, 0.25) is 0 Å². The number of hydrogen-bond acceptors (Lipinski definition) is 4. The molecular weight excluding hydrogens is 190 g/mol. The van der Waals surface area contributed by atoms with Gasteiger partial charge in [-0.25, -0.2) is 9.67 Å². The summed E-state index contributed by atoms with van der Waals surface area (Å²) in [6.07, 6.45) is 0. The summed E-state index contributed by atoms with van der Waals surface area (Å²) in [5.41, 5.74) is 3.69. The predicted molar refractivity (Wildman–Crippen MR) is 55.9 cm³/mol. The molecule has 78 valence electrons. The van der Waals surface area contributed by atoms with E-state index in [0.717, 1.165) is 22.8 Å². The van der Waals surface area contributed by atoms with Crippen LogP contribution in [0, 0.1) is 27.7 Å². The van der Waals surface area contributed by atoms with Crippen LogP contribution in [0.4, 0.5) is 0 Å². The summed E-state index contributed by atoms with van der Waals surface area (Å²) >= 11 is 0. The predicted octanol–water partition coefficient (Wildman–Crippen LogP) is 1.29. The quantitative estimate of drug-likeness (QED) is 0.700. The Hall–Kier alpha value is -1.78. The average molecular weight is 203 g/mol. The minimum Gasteiger partial charge on any atom is -0.213 e. The van der Waals surface area contributed by atoms with Crippen molar-refractivity contribution in [2.75, 3.05) is 0 Å². The molecular formula is C10H13N5. The molecule has 0 atom stereocenters. The Kier molecular flexibility index (Phi) is 2.22. The summed E-state index contributed by atoms with van der Waals surface area (Å²) in [5.74, 6) is 0.531. The lowest BCUT2D eigenvalue weighted by atomic mass is 10.4. The van der Waals surface area contributed by atoms with E-state index in [0.29, 0.717) is 5.95 Å². The third-order valence-corrected chi connectivity index (χ3v) is 2.28. The lowest BCUT2D eigenvalue weighted by molar-refractivity contribution is 0.730. The molecule has 0 bridgehead atoms. The van der Waals surface area contributed by atoms with Crippen molar-refractivity contribution in [3.8, 4) is 5.95 Å². The van der Waals surface area contributed by atoms with Gasteiger partial charge in [-0.1, -0.05) is 0 Å². The smallest absolute Gasteiger partial charge is 0.213 e. The first kappa shape index (κ1) is 9.76. The normalized spacial score (nSPS) is 10.7. The fourth-order valence-corrected chi connectivity index (χ4v) is 1.37. The van der Waals surface area contributed by atoms with E-state index in [1.807, 2.05) is 33.8 Å². The van der Waals surface area contributed by atoms with Crippen LogP contribution in [0.25, 0.3) is 5.95 Å². The summed E-state index contributed by atoms with van der Waals surface area (Å²) in [5, 5.41) is 12.4. The van der Waals surface area contributed by atoms with E-state index in [-0.39, 0.29) is 0 Å². The minimum absolute atomic E-state index is 0.531. The number of aryl methyl sites for hydroxylation is 4. The second kappa shape index (κ2) is 3.42. The second-order valence-corrected chi connectivity index (χ2v) is 3.62. The number of rotatable bonds is 1. The van der Waals surface area contributed by atoms with Crippen LogP contribution >= 0.6 is 0 Å². The zero-order valence-corrected chi connectivity index (χ0v) is 9.31. The van der Waals surface area contributed by atoms with Gasteiger partial charge < -0.3 is 0 Å². The fourth-order valence-electron chi connectivity index (χ4n) is 1.37. The number of aromatic nitrogens is 5. The van der Waals surface area contributed by atoms with E-state index in [9.17, 15) is 0 Å². The topological polar surface area (TPSA) is 56.5 Å². The Morgan fingerprint density at radius 3 is 2.27 bits per heavy atom. The highest BCUT2D eigenvalue weighted by atomic mass is 15.4. The maximum absolute atomic E-state index is 4.34. The van der Waals surface area contributed by atoms with E-state index in [4.69, 9.17) is 0 Å². The van der Waals surface area contributed by atoms with Gasteiger partial charge in [0.1, 0.15) is 0 Å². The van der Waals surface area contributed by atoms with Gasteiger partial charge in [0.25, 0.3) is 5.95 Å². The van der Waals surface area contributed by atoms with Gasteiger partial charge in [0.05, 0.1) is 17.1 Å². The lowest BCUT2D eigenvalue weighted by Crippen LogP contribution is -2.08. The molecule has 0 aliphatic carbocycles. The molecule has 5 heteroatoms. The monoisotopic (exact) mass is 203 g/mol. The molecule has 2 aromatic heterocycles. The summed E-state index contributed by atoms with van der Waals surface area (Å²) in [7, 11) is 0. The molecule has 0 unspecified atom stereocenters. The van der Waals surface area contributed by atoms with Crippen molar-refractivity contribution < 1.29 is 0 Å². The molecule has 0 aliphatic heterocycles. The third-order valence-electron chi connectivity index (χ3n) is 2.28. The van der Waals surface area contributed by atoms with Gasteiger partial charge in [0, 0.05) is 5.69 Å². The average Bonchev–Trinajstić information content (AvgIpc) is 2.50. The van der Waals surface area contributed by atoms with Crippen molar-refractivity contribution >= 4 is 0 Å². The molecule has 2 aromatic rings. The molecule has 2 rings (SSSR count). The van der Waals surface area contributed by atoms with E-state index >= 15 is 0 Å². The first-order valence-electron chi connectivity index (χ1n) is 4.79. The maximum Gasteiger partial charge on any atom is 0.270 e. The molecule has 0 saturated heterocycles. The van der Waals surface area contributed by atoms with Crippen LogP contribution in [0.5, 0.6) is 0 Å². The molecule has 0 aromatic carbocycles. The molecule has 0 aliphatic rings. The number of nitrogens with zero attached hydrogens (tertiary/aromatic N) is 5. The third kappa shape index (κ3) is 1.72. The van der Waals surface area contributed by atoms with Crippen molar-refractivity contribution in [3.05, 3.63) is 28.8 Å². The van der Waals surface area contributed by atoms with Crippen LogP contribution < -0.4 is 0 Å². The van der Waals surface area contributed by atoms with E-state index in [2.05, 4.69) is 20.3 Å². The van der Waals surface area contributed by atoms with Crippen molar-refractivity contribution in [2.45, 2.75) is 27.7 Å². The van der Waals surface area contributed by atoms with Gasteiger partial charge in [-0.15, -0.1) is 5.10 Å². The highest BCUT2D eigenvalue weighted by Gasteiger charge is 2.08. The Morgan fingerprint density at radius 1 is 1.00 bits per heavy atom. The standard InChI is InChI=1S/C10H13N5/c1-6-5-7(2)15(14-6)10-11-8(3)9(4)12-13-10/h5H,1-4H3. The molecule has 2 heterocycles. The second-order valence-electron chi connectivity index (χ2n) is 3.62. The molecule has 0 N–H and O–H groups in total. The van der Waals surface area contributed by atoms with Crippen molar-refractivity contribution in [3.63, 3.8) is 0 Å². The fraction of sp³-hybridized carbons (Fsp3) is 0.400.